The molecule has 0 aromatic heterocycles. The van der Waals surface area contributed by atoms with Crippen LogP contribution in [0, 0.1) is 11.3 Å². The van der Waals surface area contributed by atoms with Crippen LogP contribution in [-0.4, -0.2) is 31.1 Å². The van der Waals surface area contributed by atoms with E-state index in [0.29, 0.717) is 24.4 Å². The zero-order valence-electron chi connectivity index (χ0n) is 10.9. The Balaban J connectivity index is 1.84. The maximum absolute atomic E-state index is 11.7. The highest BCUT2D eigenvalue weighted by atomic mass is 16.5. The van der Waals surface area contributed by atoms with Crippen LogP contribution in [0.15, 0.2) is 24.3 Å². The molecule has 1 heterocycles. The van der Waals surface area contributed by atoms with E-state index in [2.05, 4.69) is 10.6 Å². The van der Waals surface area contributed by atoms with Crippen molar-refractivity contribution in [1.82, 2.24) is 5.32 Å². The van der Waals surface area contributed by atoms with Crippen molar-refractivity contribution in [3.63, 3.8) is 0 Å². The lowest BCUT2D eigenvalue weighted by atomic mass is 10.2. The fourth-order valence-electron chi connectivity index (χ4n) is 1.95. The molecule has 1 unspecified atom stereocenters. The van der Waals surface area contributed by atoms with Crippen molar-refractivity contribution in [2.45, 2.75) is 18.9 Å². The lowest BCUT2D eigenvalue weighted by Gasteiger charge is -2.10. The number of nitrogens with zero attached hydrogens (tertiary/aromatic N) is 1. The number of hydrogen-bond acceptors (Lipinski definition) is 4. The van der Waals surface area contributed by atoms with E-state index in [1.807, 2.05) is 6.07 Å². The van der Waals surface area contributed by atoms with E-state index in [1.165, 1.54) is 6.07 Å². The summed E-state index contributed by atoms with van der Waals surface area (Å²) in [4.78, 5) is 23.3. The van der Waals surface area contributed by atoms with Crippen LogP contribution in [0.4, 0.5) is 5.69 Å². The molecule has 20 heavy (non-hydrogen) atoms. The second-order valence-electron chi connectivity index (χ2n) is 4.49. The maximum atomic E-state index is 11.7. The van der Waals surface area contributed by atoms with Crippen molar-refractivity contribution < 1.29 is 14.3 Å². The molecule has 1 aliphatic heterocycles. The molecule has 6 nitrogen and oxygen atoms in total. The number of nitrogens with one attached hydrogen (secondary N) is 2. The van der Waals surface area contributed by atoms with Gasteiger partial charge in [-0.1, -0.05) is 6.07 Å². The molecular formula is C14H15N3O3. The van der Waals surface area contributed by atoms with Crippen LogP contribution in [0.25, 0.3) is 0 Å². The lowest BCUT2D eigenvalue weighted by molar-refractivity contribution is -0.136. The van der Waals surface area contributed by atoms with E-state index in [9.17, 15) is 9.59 Å². The number of amides is 2. The van der Waals surface area contributed by atoms with Crippen LogP contribution in [0.1, 0.15) is 18.4 Å². The molecule has 6 heteroatoms. The van der Waals surface area contributed by atoms with Gasteiger partial charge in [-0.05, 0) is 31.0 Å². The zero-order valence-corrected chi connectivity index (χ0v) is 10.9. The summed E-state index contributed by atoms with van der Waals surface area (Å²) >= 11 is 0. The molecule has 1 aromatic carbocycles. The van der Waals surface area contributed by atoms with Crippen LogP contribution in [-0.2, 0) is 14.3 Å². The molecule has 1 fully saturated rings. The average molecular weight is 273 g/mol. The van der Waals surface area contributed by atoms with Crippen LogP contribution in [0.3, 0.4) is 0 Å². The van der Waals surface area contributed by atoms with Crippen molar-refractivity contribution >= 4 is 17.5 Å². The number of anilines is 1. The predicted molar refractivity (Wildman–Crippen MR) is 71.8 cm³/mol. The molecule has 0 saturated carbocycles. The minimum atomic E-state index is -0.752. The Bertz CT molecular complexity index is 545. The van der Waals surface area contributed by atoms with E-state index in [4.69, 9.17) is 10.00 Å². The largest absolute Gasteiger partial charge is 0.376 e. The number of nitriles is 1. The first kappa shape index (κ1) is 14.0. The van der Waals surface area contributed by atoms with Crippen LogP contribution < -0.4 is 10.6 Å². The molecule has 0 spiro atoms. The van der Waals surface area contributed by atoms with Gasteiger partial charge < -0.3 is 15.4 Å². The summed E-state index contributed by atoms with van der Waals surface area (Å²) in [6.07, 6.45) is 1.87. The Morgan fingerprint density at radius 1 is 1.40 bits per heavy atom. The third-order valence-electron chi connectivity index (χ3n) is 2.97. The Kier molecular flexibility index (Phi) is 4.69. The highest BCUT2D eigenvalue weighted by Crippen LogP contribution is 2.11. The molecular weight excluding hydrogens is 258 g/mol. The van der Waals surface area contributed by atoms with Gasteiger partial charge >= 0.3 is 11.8 Å². The van der Waals surface area contributed by atoms with Gasteiger partial charge in [0.05, 0.1) is 17.7 Å². The fourth-order valence-corrected chi connectivity index (χ4v) is 1.95. The summed E-state index contributed by atoms with van der Waals surface area (Å²) in [6, 6.07) is 8.34. The Labute approximate surface area is 116 Å². The number of benzene rings is 1. The topological polar surface area (TPSA) is 91.2 Å². The van der Waals surface area contributed by atoms with Crippen LogP contribution in [0.5, 0.6) is 0 Å². The standard InChI is InChI=1S/C14H15N3O3/c15-8-10-3-1-4-11(7-10)17-14(19)13(18)16-9-12-5-2-6-20-12/h1,3-4,7,12H,2,5-6,9H2,(H,16,18)(H,17,19). The fraction of sp³-hybridized carbons (Fsp3) is 0.357. The van der Waals surface area contributed by atoms with Gasteiger partial charge in [-0.25, -0.2) is 0 Å². The maximum Gasteiger partial charge on any atom is 0.313 e. The van der Waals surface area contributed by atoms with Gasteiger partial charge in [0.25, 0.3) is 0 Å². The lowest BCUT2D eigenvalue weighted by Crippen LogP contribution is -2.39. The predicted octanol–water partition coefficient (Wildman–Crippen LogP) is 0.792. The molecule has 1 aromatic rings. The summed E-state index contributed by atoms with van der Waals surface area (Å²) in [7, 11) is 0. The molecule has 1 aliphatic rings. The Morgan fingerprint density at radius 3 is 2.95 bits per heavy atom. The van der Waals surface area contributed by atoms with Gasteiger partial charge in [0, 0.05) is 18.8 Å². The second-order valence-corrected chi connectivity index (χ2v) is 4.49. The minimum Gasteiger partial charge on any atom is -0.376 e. The SMILES string of the molecule is N#Cc1cccc(NC(=O)C(=O)NCC2CCCO2)c1. The highest BCUT2D eigenvalue weighted by molar-refractivity contribution is 6.39. The normalized spacial score (nSPS) is 17.2. The molecule has 1 atom stereocenters. The summed E-state index contributed by atoms with van der Waals surface area (Å²) in [5.74, 6) is -1.46. The number of carbonyl (C=O) groups is 2. The second kappa shape index (κ2) is 6.68. The third-order valence-corrected chi connectivity index (χ3v) is 2.97. The summed E-state index contributed by atoms with van der Waals surface area (Å²) in [5.41, 5.74) is 0.837. The van der Waals surface area contributed by atoms with Crippen molar-refractivity contribution in [2.24, 2.45) is 0 Å². The van der Waals surface area contributed by atoms with Gasteiger partial charge in [0.15, 0.2) is 0 Å². The van der Waals surface area contributed by atoms with Crippen molar-refractivity contribution in [2.75, 3.05) is 18.5 Å². The van der Waals surface area contributed by atoms with E-state index in [1.54, 1.807) is 18.2 Å². The zero-order chi connectivity index (χ0) is 14.4. The highest BCUT2D eigenvalue weighted by Gasteiger charge is 2.19. The number of hydrogen-bond donors (Lipinski definition) is 2. The molecule has 104 valence electrons. The first-order chi connectivity index (χ1) is 9.69. The summed E-state index contributed by atoms with van der Waals surface area (Å²) in [5, 5.41) is 13.7. The Hall–Kier alpha value is -2.39. The van der Waals surface area contributed by atoms with Gasteiger partial charge in [0.1, 0.15) is 0 Å². The first-order valence-electron chi connectivity index (χ1n) is 6.40. The molecule has 0 aliphatic carbocycles. The van der Waals surface area contributed by atoms with E-state index in [-0.39, 0.29) is 6.10 Å². The quantitative estimate of drug-likeness (QED) is 0.797. The van der Waals surface area contributed by atoms with Crippen LogP contribution >= 0.6 is 0 Å². The molecule has 2 rings (SSSR count). The van der Waals surface area contributed by atoms with Gasteiger partial charge in [-0.2, -0.15) is 5.26 Å². The van der Waals surface area contributed by atoms with Gasteiger partial charge in [-0.15, -0.1) is 0 Å². The first-order valence-corrected chi connectivity index (χ1v) is 6.40. The molecule has 1 saturated heterocycles. The minimum absolute atomic E-state index is 0.00586. The summed E-state index contributed by atoms with van der Waals surface area (Å²) in [6.45, 7) is 1.04. The van der Waals surface area contributed by atoms with Gasteiger partial charge in [-0.3, -0.25) is 9.59 Å². The smallest absolute Gasteiger partial charge is 0.313 e. The average Bonchev–Trinajstić information content (AvgIpc) is 2.98. The van der Waals surface area contributed by atoms with Crippen molar-refractivity contribution in [3.8, 4) is 6.07 Å². The van der Waals surface area contributed by atoms with E-state index in [0.717, 1.165) is 12.8 Å². The third kappa shape index (κ3) is 3.80. The summed E-state index contributed by atoms with van der Waals surface area (Å²) < 4.78 is 5.35. The molecule has 2 amide bonds. The Morgan fingerprint density at radius 2 is 2.25 bits per heavy atom. The molecule has 0 bridgehead atoms. The number of carbonyl (C=O) groups excluding carboxylic acids is 2. The molecule has 0 radical (unpaired) electrons. The van der Waals surface area contributed by atoms with Crippen LogP contribution in [0.2, 0.25) is 0 Å². The van der Waals surface area contributed by atoms with Gasteiger partial charge in [0.2, 0.25) is 0 Å². The van der Waals surface area contributed by atoms with E-state index >= 15 is 0 Å². The molecule has 2 N–H and O–H groups in total. The van der Waals surface area contributed by atoms with Crippen molar-refractivity contribution in [3.05, 3.63) is 29.8 Å². The van der Waals surface area contributed by atoms with E-state index < -0.39 is 11.8 Å². The van der Waals surface area contributed by atoms with Crippen molar-refractivity contribution in [1.29, 1.82) is 5.26 Å². The monoisotopic (exact) mass is 273 g/mol. The number of ether oxygens (including phenoxy) is 1. The number of rotatable bonds is 3.